The monoisotopic (exact) mass is 303 g/mol. The molecule has 23 heavy (non-hydrogen) atoms. The Labute approximate surface area is 136 Å². The van der Waals surface area contributed by atoms with Crippen LogP contribution in [0.5, 0.6) is 0 Å². The maximum atomic E-state index is 6.05. The number of nitrogens with two attached hydrogens (primary N) is 1. The first-order valence-electron chi connectivity index (χ1n) is 7.89. The second-order valence-electron chi connectivity index (χ2n) is 5.53. The number of fused-ring (bicyclic) bond motifs is 1. The van der Waals surface area contributed by atoms with Gasteiger partial charge < -0.3 is 11.1 Å². The van der Waals surface area contributed by atoms with Crippen LogP contribution in [0.1, 0.15) is 18.1 Å². The van der Waals surface area contributed by atoms with Crippen LogP contribution in [0, 0.1) is 0 Å². The van der Waals surface area contributed by atoms with Gasteiger partial charge in [-0.05, 0) is 29.0 Å². The third kappa shape index (κ3) is 3.69. The van der Waals surface area contributed by atoms with E-state index in [1.165, 1.54) is 16.5 Å². The Hall–Kier alpha value is -2.81. The maximum absolute atomic E-state index is 6.05. The largest absolute Gasteiger partial charge is 0.370 e. The number of nitrogens with one attached hydrogen (secondary N) is 1. The fourth-order valence-corrected chi connectivity index (χ4v) is 2.64. The zero-order valence-corrected chi connectivity index (χ0v) is 13.3. The van der Waals surface area contributed by atoms with Crippen LogP contribution >= 0.6 is 0 Å². The van der Waals surface area contributed by atoms with Gasteiger partial charge in [-0.1, -0.05) is 67.6 Å². The van der Waals surface area contributed by atoms with Gasteiger partial charge in [-0.3, -0.25) is 0 Å². The minimum Gasteiger partial charge on any atom is -0.370 e. The molecule has 0 spiro atoms. The van der Waals surface area contributed by atoms with Gasteiger partial charge in [0.15, 0.2) is 5.96 Å². The van der Waals surface area contributed by atoms with Gasteiger partial charge in [-0.15, -0.1) is 0 Å². The molecule has 116 valence electrons. The summed E-state index contributed by atoms with van der Waals surface area (Å²) in [6.07, 6.45) is 1.03. The summed E-state index contributed by atoms with van der Waals surface area (Å²) in [7, 11) is 0. The second-order valence-corrected chi connectivity index (χ2v) is 5.53. The van der Waals surface area contributed by atoms with Crippen LogP contribution in [0.25, 0.3) is 10.8 Å². The first kappa shape index (κ1) is 15.1. The molecular formula is C20H21N3. The summed E-state index contributed by atoms with van der Waals surface area (Å²) in [4.78, 5) is 4.46. The fraction of sp³-hybridized carbons (Fsp3) is 0.150. The van der Waals surface area contributed by atoms with Gasteiger partial charge in [0.2, 0.25) is 0 Å². The molecule has 0 aromatic heterocycles. The maximum Gasteiger partial charge on any atom is 0.193 e. The minimum atomic E-state index is 0.434. The number of anilines is 1. The van der Waals surface area contributed by atoms with Crippen molar-refractivity contribution in [3.63, 3.8) is 0 Å². The van der Waals surface area contributed by atoms with Gasteiger partial charge in [-0.25, -0.2) is 4.99 Å². The third-order valence-electron chi connectivity index (χ3n) is 3.88. The summed E-state index contributed by atoms with van der Waals surface area (Å²) in [5.41, 5.74) is 9.52. The number of nitrogens with zero attached hydrogens (tertiary/aromatic N) is 1. The topological polar surface area (TPSA) is 50.4 Å². The van der Waals surface area contributed by atoms with E-state index in [1.807, 2.05) is 24.3 Å². The van der Waals surface area contributed by atoms with Crippen molar-refractivity contribution in [3.05, 3.63) is 77.9 Å². The first-order valence-corrected chi connectivity index (χ1v) is 7.89. The van der Waals surface area contributed by atoms with Crippen LogP contribution in [0.3, 0.4) is 0 Å². The van der Waals surface area contributed by atoms with E-state index in [9.17, 15) is 0 Å². The molecule has 0 fully saturated rings. The Bertz CT molecular complexity index is 832. The van der Waals surface area contributed by atoms with Crippen molar-refractivity contribution in [2.75, 3.05) is 5.32 Å². The van der Waals surface area contributed by atoms with Crippen LogP contribution < -0.4 is 11.1 Å². The van der Waals surface area contributed by atoms with E-state index in [0.717, 1.165) is 17.5 Å². The summed E-state index contributed by atoms with van der Waals surface area (Å²) in [5, 5.41) is 5.53. The van der Waals surface area contributed by atoms with E-state index in [4.69, 9.17) is 5.73 Å². The van der Waals surface area contributed by atoms with Crippen LogP contribution in [-0.4, -0.2) is 5.96 Å². The Morgan fingerprint density at radius 3 is 2.57 bits per heavy atom. The molecule has 3 nitrogen and oxygen atoms in total. The van der Waals surface area contributed by atoms with Crippen molar-refractivity contribution < 1.29 is 0 Å². The van der Waals surface area contributed by atoms with E-state index in [1.54, 1.807) is 0 Å². The Morgan fingerprint density at radius 1 is 0.957 bits per heavy atom. The van der Waals surface area contributed by atoms with Gasteiger partial charge in [0.25, 0.3) is 0 Å². The lowest BCUT2D eigenvalue weighted by molar-refractivity contribution is 1.04. The molecule has 0 aliphatic carbocycles. The van der Waals surface area contributed by atoms with Crippen molar-refractivity contribution >= 4 is 22.4 Å². The third-order valence-corrected chi connectivity index (χ3v) is 3.88. The lowest BCUT2D eigenvalue weighted by Gasteiger charge is -2.09. The highest BCUT2D eigenvalue weighted by atomic mass is 15.1. The number of rotatable bonds is 4. The summed E-state index contributed by atoms with van der Waals surface area (Å²) < 4.78 is 0. The molecule has 3 rings (SSSR count). The van der Waals surface area contributed by atoms with Crippen molar-refractivity contribution in [1.29, 1.82) is 0 Å². The molecule has 3 aromatic carbocycles. The molecule has 0 aliphatic rings. The van der Waals surface area contributed by atoms with Crippen LogP contribution in [0.4, 0.5) is 5.69 Å². The van der Waals surface area contributed by atoms with E-state index in [-0.39, 0.29) is 0 Å². The second kappa shape index (κ2) is 6.97. The van der Waals surface area contributed by atoms with Gasteiger partial charge in [-0.2, -0.15) is 0 Å². The van der Waals surface area contributed by atoms with Gasteiger partial charge >= 0.3 is 0 Å². The smallest absolute Gasteiger partial charge is 0.193 e. The summed E-state index contributed by atoms with van der Waals surface area (Å²) in [6, 6.07) is 22.8. The lowest BCUT2D eigenvalue weighted by Crippen LogP contribution is -2.22. The van der Waals surface area contributed by atoms with Crippen molar-refractivity contribution in [3.8, 4) is 0 Å². The standard InChI is InChI=1S/C20H21N3/c1-2-15-7-5-8-16(13-15)14-22-20(21)23-19-12-6-10-17-9-3-4-11-18(17)19/h3-13H,2,14H2,1H3,(H3,21,22,23). The molecule has 0 heterocycles. The Morgan fingerprint density at radius 2 is 1.70 bits per heavy atom. The Kier molecular flexibility index (Phi) is 4.57. The van der Waals surface area contributed by atoms with Gasteiger partial charge in [0.05, 0.1) is 6.54 Å². The first-order chi connectivity index (χ1) is 11.3. The average Bonchev–Trinajstić information content (AvgIpc) is 2.60. The number of benzene rings is 3. The molecule has 0 saturated carbocycles. The number of aliphatic imine (C=N–C) groups is 1. The SMILES string of the molecule is CCc1cccc(CN=C(N)Nc2cccc3ccccc23)c1. The highest BCUT2D eigenvalue weighted by Gasteiger charge is 2.01. The lowest BCUT2D eigenvalue weighted by atomic mass is 10.1. The van der Waals surface area contributed by atoms with Crippen molar-refractivity contribution in [2.24, 2.45) is 10.7 Å². The minimum absolute atomic E-state index is 0.434. The molecule has 0 bridgehead atoms. The van der Waals surface area contributed by atoms with E-state index in [0.29, 0.717) is 12.5 Å². The Balaban J connectivity index is 1.76. The number of guanidine groups is 1. The average molecular weight is 303 g/mol. The highest BCUT2D eigenvalue weighted by molar-refractivity contribution is 6.02. The predicted molar refractivity (Wildman–Crippen MR) is 98.7 cm³/mol. The molecule has 0 radical (unpaired) electrons. The zero-order chi connectivity index (χ0) is 16.1. The van der Waals surface area contributed by atoms with Crippen LogP contribution in [-0.2, 0) is 13.0 Å². The zero-order valence-electron chi connectivity index (χ0n) is 13.3. The quantitative estimate of drug-likeness (QED) is 0.557. The molecule has 0 unspecified atom stereocenters. The summed E-state index contributed by atoms with van der Waals surface area (Å²) in [6.45, 7) is 2.73. The molecule has 0 saturated heterocycles. The van der Waals surface area contributed by atoms with E-state index >= 15 is 0 Å². The fourth-order valence-electron chi connectivity index (χ4n) is 2.64. The predicted octanol–water partition coefficient (Wildman–Crippen LogP) is 4.33. The molecule has 3 aromatic rings. The molecular weight excluding hydrogens is 282 g/mol. The molecule has 0 amide bonds. The summed E-state index contributed by atoms with van der Waals surface area (Å²) in [5.74, 6) is 0.434. The summed E-state index contributed by atoms with van der Waals surface area (Å²) >= 11 is 0. The number of aryl methyl sites for hydroxylation is 1. The van der Waals surface area contributed by atoms with Crippen LogP contribution in [0.15, 0.2) is 71.7 Å². The van der Waals surface area contributed by atoms with Crippen molar-refractivity contribution in [2.45, 2.75) is 19.9 Å². The normalized spacial score (nSPS) is 11.6. The van der Waals surface area contributed by atoms with E-state index in [2.05, 4.69) is 59.7 Å². The van der Waals surface area contributed by atoms with E-state index < -0.39 is 0 Å². The highest BCUT2D eigenvalue weighted by Crippen LogP contribution is 2.22. The number of hydrogen-bond donors (Lipinski definition) is 2. The number of hydrogen-bond acceptors (Lipinski definition) is 1. The van der Waals surface area contributed by atoms with Crippen molar-refractivity contribution in [1.82, 2.24) is 0 Å². The molecule has 0 atom stereocenters. The van der Waals surface area contributed by atoms with Gasteiger partial charge in [0, 0.05) is 11.1 Å². The molecule has 3 N–H and O–H groups in total. The molecule has 0 aliphatic heterocycles. The molecule has 3 heteroatoms. The van der Waals surface area contributed by atoms with Crippen LogP contribution in [0.2, 0.25) is 0 Å². The van der Waals surface area contributed by atoms with Gasteiger partial charge in [0.1, 0.15) is 0 Å².